The first-order valence-electron chi connectivity index (χ1n) is 10.1. The van der Waals surface area contributed by atoms with Gasteiger partial charge in [0.25, 0.3) is 11.5 Å². The Morgan fingerprint density at radius 1 is 1.03 bits per heavy atom. The molecule has 3 aromatic rings. The van der Waals surface area contributed by atoms with Gasteiger partial charge in [-0.2, -0.15) is 0 Å². The molecule has 1 N–H and O–H groups in total. The number of benzene rings is 2. The number of nitrogens with zero attached hydrogens (tertiary/aromatic N) is 2. The van der Waals surface area contributed by atoms with Crippen molar-refractivity contribution < 1.29 is 23.9 Å². The number of esters is 1. The van der Waals surface area contributed by atoms with E-state index < -0.39 is 24.6 Å². The van der Waals surface area contributed by atoms with Crippen molar-refractivity contribution in [2.75, 3.05) is 13.2 Å². The second kappa shape index (κ2) is 10.3. The van der Waals surface area contributed by atoms with Crippen LogP contribution in [0, 0.1) is 6.92 Å². The summed E-state index contributed by atoms with van der Waals surface area (Å²) in [5.41, 5.74) is 1.97. The van der Waals surface area contributed by atoms with Crippen LogP contribution in [0.1, 0.15) is 24.7 Å². The molecule has 2 aromatic carbocycles. The SMILES string of the molecule is CCOC(=O)NC(=O)COC(=O)CCc1nc2ccccc2c(=O)n1-c1ccc(C)cc1. The largest absolute Gasteiger partial charge is 0.456 e. The van der Waals surface area contributed by atoms with Gasteiger partial charge in [-0.05, 0) is 38.1 Å². The van der Waals surface area contributed by atoms with Crippen molar-refractivity contribution in [2.45, 2.75) is 26.7 Å². The van der Waals surface area contributed by atoms with Gasteiger partial charge in [0.05, 0.1) is 29.6 Å². The number of para-hydroxylation sites is 1. The Kier molecular flexibility index (Phi) is 7.33. The molecule has 9 nitrogen and oxygen atoms in total. The molecule has 3 rings (SSSR count). The maximum atomic E-state index is 13.2. The third-order valence-corrected chi connectivity index (χ3v) is 4.57. The number of carbonyl (C=O) groups excluding carboxylic acids is 3. The number of hydrogen-bond donors (Lipinski definition) is 1. The highest BCUT2D eigenvalue weighted by molar-refractivity contribution is 5.93. The third-order valence-electron chi connectivity index (χ3n) is 4.57. The van der Waals surface area contributed by atoms with Gasteiger partial charge in [-0.25, -0.2) is 9.78 Å². The number of amides is 2. The van der Waals surface area contributed by atoms with Gasteiger partial charge < -0.3 is 9.47 Å². The van der Waals surface area contributed by atoms with Crippen LogP contribution in [0.5, 0.6) is 0 Å². The summed E-state index contributed by atoms with van der Waals surface area (Å²) in [6.45, 7) is 3.04. The van der Waals surface area contributed by atoms with E-state index in [4.69, 9.17) is 4.74 Å². The Labute approximate surface area is 184 Å². The number of ether oxygens (including phenoxy) is 2. The summed E-state index contributed by atoms with van der Waals surface area (Å²) in [6.07, 6.45) is -0.897. The fourth-order valence-corrected chi connectivity index (χ4v) is 3.06. The molecule has 32 heavy (non-hydrogen) atoms. The van der Waals surface area contributed by atoms with Crippen LogP contribution in [0.3, 0.4) is 0 Å². The minimum absolute atomic E-state index is 0.108. The van der Waals surface area contributed by atoms with Crippen molar-refractivity contribution in [3.63, 3.8) is 0 Å². The molecule has 0 saturated heterocycles. The minimum Gasteiger partial charge on any atom is -0.456 e. The third kappa shape index (κ3) is 5.57. The normalized spacial score (nSPS) is 10.6. The smallest absolute Gasteiger partial charge is 0.413 e. The summed E-state index contributed by atoms with van der Waals surface area (Å²) < 4.78 is 11.0. The average Bonchev–Trinajstić information content (AvgIpc) is 2.77. The molecule has 0 aliphatic heterocycles. The van der Waals surface area contributed by atoms with Crippen LogP contribution >= 0.6 is 0 Å². The molecular formula is C23H23N3O6. The van der Waals surface area contributed by atoms with Crippen molar-refractivity contribution in [1.82, 2.24) is 14.9 Å². The van der Waals surface area contributed by atoms with Gasteiger partial charge in [-0.3, -0.25) is 24.3 Å². The van der Waals surface area contributed by atoms with Crippen LogP contribution in [0.25, 0.3) is 16.6 Å². The van der Waals surface area contributed by atoms with E-state index >= 15 is 0 Å². The minimum atomic E-state index is -0.906. The van der Waals surface area contributed by atoms with Crippen molar-refractivity contribution in [3.8, 4) is 5.69 Å². The number of nitrogens with one attached hydrogen (secondary N) is 1. The number of fused-ring (bicyclic) bond motifs is 1. The maximum absolute atomic E-state index is 13.2. The first kappa shape index (κ1) is 22.7. The molecule has 1 aromatic heterocycles. The quantitative estimate of drug-likeness (QED) is 0.564. The number of aromatic nitrogens is 2. The summed E-state index contributed by atoms with van der Waals surface area (Å²) in [6, 6.07) is 14.4. The molecule has 0 saturated carbocycles. The molecule has 2 amide bonds. The van der Waals surface area contributed by atoms with Gasteiger partial charge in [0.15, 0.2) is 6.61 Å². The van der Waals surface area contributed by atoms with Crippen LogP contribution < -0.4 is 10.9 Å². The first-order valence-corrected chi connectivity index (χ1v) is 10.1. The summed E-state index contributed by atoms with van der Waals surface area (Å²) in [4.78, 5) is 52.7. The zero-order chi connectivity index (χ0) is 23.1. The molecule has 0 unspecified atom stereocenters. The molecule has 0 atom stereocenters. The fraction of sp³-hybridized carbons (Fsp3) is 0.261. The highest BCUT2D eigenvalue weighted by atomic mass is 16.6. The van der Waals surface area contributed by atoms with Gasteiger partial charge >= 0.3 is 12.1 Å². The zero-order valence-electron chi connectivity index (χ0n) is 17.8. The standard InChI is InChI=1S/C23H23N3O6/c1-3-31-23(30)25-20(27)14-32-21(28)13-12-19-24-18-7-5-4-6-17(18)22(29)26(19)16-10-8-15(2)9-11-16/h4-11H,3,12-14H2,1-2H3,(H,25,27,30). The Hall–Kier alpha value is -4.01. The molecule has 166 valence electrons. The van der Waals surface area contributed by atoms with Gasteiger partial charge in [0.1, 0.15) is 5.82 Å². The lowest BCUT2D eigenvalue weighted by atomic mass is 10.2. The van der Waals surface area contributed by atoms with Crippen molar-refractivity contribution in [1.29, 1.82) is 0 Å². The predicted octanol–water partition coefficient (Wildman–Crippen LogP) is 2.44. The van der Waals surface area contributed by atoms with Crippen LogP contribution in [0.4, 0.5) is 4.79 Å². The Bertz CT molecular complexity index is 1200. The number of hydrogen-bond acceptors (Lipinski definition) is 7. The van der Waals surface area contributed by atoms with E-state index in [0.717, 1.165) is 5.56 Å². The van der Waals surface area contributed by atoms with E-state index in [2.05, 4.69) is 9.72 Å². The number of imide groups is 1. The number of alkyl carbamates (subject to hydrolysis) is 1. The van der Waals surface area contributed by atoms with E-state index in [1.807, 2.05) is 36.5 Å². The zero-order valence-corrected chi connectivity index (χ0v) is 17.8. The van der Waals surface area contributed by atoms with Gasteiger partial charge in [-0.1, -0.05) is 29.8 Å². The Morgan fingerprint density at radius 2 is 1.75 bits per heavy atom. The lowest BCUT2D eigenvalue weighted by Gasteiger charge is -2.14. The molecular weight excluding hydrogens is 414 g/mol. The topological polar surface area (TPSA) is 117 Å². The van der Waals surface area contributed by atoms with Crippen LogP contribution in [0.2, 0.25) is 0 Å². The summed E-state index contributed by atoms with van der Waals surface area (Å²) >= 11 is 0. The lowest BCUT2D eigenvalue weighted by Crippen LogP contribution is -2.34. The highest BCUT2D eigenvalue weighted by Crippen LogP contribution is 2.15. The fourth-order valence-electron chi connectivity index (χ4n) is 3.06. The first-order chi connectivity index (χ1) is 15.4. The molecule has 0 bridgehead atoms. The summed E-state index contributed by atoms with van der Waals surface area (Å²) in [5, 5.41) is 2.41. The van der Waals surface area contributed by atoms with E-state index in [-0.39, 0.29) is 25.0 Å². The Balaban J connectivity index is 1.76. The molecule has 0 spiro atoms. The Morgan fingerprint density at radius 3 is 2.47 bits per heavy atom. The number of aryl methyl sites for hydroxylation is 2. The lowest BCUT2D eigenvalue weighted by molar-refractivity contribution is -0.148. The van der Waals surface area contributed by atoms with E-state index in [1.54, 1.807) is 31.2 Å². The predicted molar refractivity (Wildman–Crippen MR) is 117 cm³/mol. The van der Waals surface area contributed by atoms with Gasteiger partial charge in [0, 0.05) is 6.42 Å². The molecule has 0 fully saturated rings. The van der Waals surface area contributed by atoms with E-state index in [0.29, 0.717) is 22.4 Å². The number of rotatable bonds is 7. The molecule has 0 radical (unpaired) electrons. The second-order valence-corrected chi connectivity index (χ2v) is 6.95. The van der Waals surface area contributed by atoms with Crippen LogP contribution in [-0.2, 0) is 25.5 Å². The van der Waals surface area contributed by atoms with E-state index in [1.165, 1.54) is 4.57 Å². The van der Waals surface area contributed by atoms with Crippen LogP contribution in [-0.4, -0.2) is 40.7 Å². The van der Waals surface area contributed by atoms with E-state index in [9.17, 15) is 19.2 Å². The van der Waals surface area contributed by atoms with Crippen molar-refractivity contribution >= 4 is 28.9 Å². The number of carbonyl (C=O) groups is 3. The van der Waals surface area contributed by atoms with Gasteiger partial charge in [0.2, 0.25) is 0 Å². The van der Waals surface area contributed by atoms with Crippen LogP contribution in [0.15, 0.2) is 53.3 Å². The average molecular weight is 437 g/mol. The summed E-state index contributed by atoms with van der Waals surface area (Å²) in [5.74, 6) is -1.07. The molecule has 0 aliphatic rings. The molecule has 9 heteroatoms. The van der Waals surface area contributed by atoms with Gasteiger partial charge in [-0.15, -0.1) is 0 Å². The molecule has 0 aliphatic carbocycles. The maximum Gasteiger partial charge on any atom is 0.413 e. The second-order valence-electron chi connectivity index (χ2n) is 6.95. The monoisotopic (exact) mass is 437 g/mol. The molecule has 1 heterocycles. The van der Waals surface area contributed by atoms with Crippen molar-refractivity contribution in [2.24, 2.45) is 0 Å². The highest BCUT2D eigenvalue weighted by Gasteiger charge is 2.16. The summed E-state index contributed by atoms with van der Waals surface area (Å²) in [7, 11) is 0. The van der Waals surface area contributed by atoms with Crippen molar-refractivity contribution in [3.05, 3.63) is 70.3 Å².